The molecule has 0 radical (unpaired) electrons. The Balaban J connectivity index is 2.16. The second kappa shape index (κ2) is 5.18. The molecule has 4 nitrogen and oxygen atoms in total. The summed E-state index contributed by atoms with van der Waals surface area (Å²) in [4.78, 5) is 7.20. The number of rotatable bonds is 3. The lowest BCUT2D eigenvalue weighted by molar-refractivity contribution is 0.0434. The van der Waals surface area contributed by atoms with Crippen molar-refractivity contribution >= 4 is 5.69 Å². The quantitative estimate of drug-likeness (QED) is 0.788. The van der Waals surface area contributed by atoms with Gasteiger partial charge < -0.3 is 9.64 Å². The zero-order chi connectivity index (χ0) is 11.4. The van der Waals surface area contributed by atoms with Crippen molar-refractivity contribution in [2.24, 2.45) is 5.90 Å². The lowest BCUT2D eigenvalue weighted by atomic mass is 10.1. The van der Waals surface area contributed by atoms with Crippen LogP contribution in [0.3, 0.4) is 0 Å². The molecule has 1 unspecified atom stereocenters. The van der Waals surface area contributed by atoms with Crippen LogP contribution in [-0.4, -0.2) is 26.3 Å². The van der Waals surface area contributed by atoms with Crippen LogP contribution >= 0.6 is 0 Å². The Hall–Kier alpha value is -1.26. The number of methoxy groups -OCH3 is 1. The van der Waals surface area contributed by atoms with Crippen molar-refractivity contribution in [1.29, 1.82) is 0 Å². The van der Waals surface area contributed by atoms with Gasteiger partial charge in [-0.05, 0) is 25.0 Å². The van der Waals surface area contributed by atoms with Crippen molar-refractivity contribution in [3.63, 3.8) is 0 Å². The fourth-order valence-electron chi connectivity index (χ4n) is 2.16. The van der Waals surface area contributed by atoms with Gasteiger partial charge in [0.1, 0.15) is 5.75 Å². The van der Waals surface area contributed by atoms with E-state index in [4.69, 9.17) is 15.5 Å². The highest BCUT2D eigenvalue weighted by Gasteiger charge is 2.21. The summed E-state index contributed by atoms with van der Waals surface area (Å²) in [6.07, 6.45) is 2.25. The molecule has 0 bridgehead atoms. The SMILES string of the molecule is COc1ccccc1N1CCCC(ON)C1. The Morgan fingerprint density at radius 3 is 2.94 bits per heavy atom. The Labute approximate surface area is 95.9 Å². The summed E-state index contributed by atoms with van der Waals surface area (Å²) in [6, 6.07) is 8.04. The third-order valence-electron chi connectivity index (χ3n) is 3.00. The summed E-state index contributed by atoms with van der Waals surface area (Å²) < 4.78 is 5.35. The molecular formula is C12H18N2O2. The molecule has 2 rings (SSSR count). The predicted octanol–water partition coefficient (Wildman–Crippen LogP) is 1.55. The van der Waals surface area contributed by atoms with Crippen LogP contribution in [0, 0.1) is 0 Å². The van der Waals surface area contributed by atoms with E-state index in [0.717, 1.165) is 37.4 Å². The van der Waals surface area contributed by atoms with Gasteiger partial charge in [0.15, 0.2) is 0 Å². The molecule has 0 aromatic heterocycles. The van der Waals surface area contributed by atoms with Crippen molar-refractivity contribution < 1.29 is 9.57 Å². The molecule has 0 aliphatic carbocycles. The van der Waals surface area contributed by atoms with Crippen molar-refractivity contribution in [3.05, 3.63) is 24.3 Å². The van der Waals surface area contributed by atoms with Gasteiger partial charge in [-0.15, -0.1) is 0 Å². The molecule has 1 heterocycles. The number of hydrogen-bond acceptors (Lipinski definition) is 4. The zero-order valence-electron chi connectivity index (χ0n) is 9.56. The van der Waals surface area contributed by atoms with E-state index in [1.807, 2.05) is 18.2 Å². The molecule has 1 aromatic rings. The van der Waals surface area contributed by atoms with E-state index >= 15 is 0 Å². The Morgan fingerprint density at radius 2 is 2.19 bits per heavy atom. The van der Waals surface area contributed by atoms with Gasteiger partial charge >= 0.3 is 0 Å². The number of ether oxygens (including phenoxy) is 1. The first-order valence-corrected chi connectivity index (χ1v) is 5.58. The first kappa shape index (κ1) is 11.2. The van der Waals surface area contributed by atoms with Crippen LogP contribution in [-0.2, 0) is 4.84 Å². The summed E-state index contributed by atoms with van der Waals surface area (Å²) in [5, 5.41) is 0. The number of nitrogens with two attached hydrogens (primary N) is 1. The molecule has 0 amide bonds. The normalized spacial score (nSPS) is 20.9. The Morgan fingerprint density at radius 1 is 1.38 bits per heavy atom. The van der Waals surface area contributed by atoms with Crippen molar-refractivity contribution in [1.82, 2.24) is 0 Å². The molecule has 1 aliphatic heterocycles. The average Bonchev–Trinajstić information content (AvgIpc) is 2.38. The van der Waals surface area contributed by atoms with Gasteiger partial charge in [0.25, 0.3) is 0 Å². The zero-order valence-corrected chi connectivity index (χ0v) is 9.56. The number of para-hydroxylation sites is 2. The largest absolute Gasteiger partial charge is 0.495 e. The number of nitrogens with zero attached hydrogens (tertiary/aromatic N) is 1. The van der Waals surface area contributed by atoms with Gasteiger partial charge in [-0.3, -0.25) is 4.84 Å². The highest BCUT2D eigenvalue weighted by molar-refractivity contribution is 5.58. The van der Waals surface area contributed by atoms with E-state index in [1.165, 1.54) is 0 Å². The summed E-state index contributed by atoms with van der Waals surface area (Å²) in [5.74, 6) is 6.16. The van der Waals surface area contributed by atoms with Crippen LogP contribution in [0.25, 0.3) is 0 Å². The highest BCUT2D eigenvalue weighted by atomic mass is 16.6. The topological polar surface area (TPSA) is 47.7 Å². The van der Waals surface area contributed by atoms with Crippen LogP contribution in [0.5, 0.6) is 5.75 Å². The minimum Gasteiger partial charge on any atom is -0.495 e. The minimum atomic E-state index is 0.124. The molecule has 88 valence electrons. The summed E-state index contributed by atoms with van der Waals surface area (Å²) >= 11 is 0. The monoisotopic (exact) mass is 222 g/mol. The third kappa shape index (κ3) is 2.28. The minimum absolute atomic E-state index is 0.124. The smallest absolute Gasteiger partial charge is 0.142 e. The molecule has 1 fully saturated rings. The summed E-state index contributed by atoms with van der Waals surface area (Å²) in [6.45, 7) is 1.86. The Kier molecular flexibility index (Phi) is 3.64. The van der Waals surface area contributed by atoms with Gasteiger partial charge in [-0.25, -0.2) is 5.90 Å². The van der Waals surface area contributed by atoms with Crippen molar-refractivity contribution in [2.75, 3.05) is 25.1 Å². The van der Waals surface area contributed by atoms with E-state index in [2.05, 4.69) is 11.0 Å². The molecule has 1 aliphatic rings. The van der Waals surface area contributed by atoms with Crippen LogP contribution in [0.2, 0.25) is 0 Å². The summed E-state index contributed by atoms with van der Waals surface area (Å²) in [5.41, 5.74) is 1.12. The van der Waals surface area contributed by atoms with E-state index < -0.39 is 0 Å². The first-order valence-electron chi connectivity index (χ1n) is 5.58. The first-order chi connectivity index (χ1) is 7.85. The molecule has 4 heteroatoms. The molecule has 0 saturated carbocycles. The number of hydrogen-bond donors (Lipinski definition) is 1. The van der Waals surface area contributed by atoms with Gasteiger partial charge in [-0.1, -0.05) is 12.1 Å². The lowest BCUT2D eigenvalue weighted by Crippen LogP contribution is -2.40. The van der Waals surface area contributed by atoms with Crippen LogP contribution in [0.1, 0.15) is 12.8 Å². The number of piperidine rings is 1. The maximum atomic E-state index is 5.35. The standard InChI is InChI=1S/C12H18N2O2/c1-15-12-7-3-2-6-11(12)14-8-4-5-10(9-14)16-13/h2-3,6-7,10H,4-5,8-9,13H2,1H3. The van der Waals surface area contributed by atoms with Crippen LogP contribution < -0.4 is 15.5 Å². The van der Waals surface area contributed by atoms with Crippen molar-refractivity contribution in [2.45, 2.75) is 18.9 Å². The maximum Gasteiger partial charge on any atom is 0.142 e. The lowest BCUT2D eigenvalue weighted by Gasteiger charge is -2.33. The number of benzene rings is 1. The molecule has 1 aromatic carbocycles. The van der Waals surface area contributed by atoms with Crippen LogP contribution in [0.15, 0.2) is 24.3 Å². The van der Waals surface area contributed by atoms with E-state index in [-0.39, 0.29) is 6.10 Å². The second-order valence-corrected chi connectivity index (χ2v) is 4.02. The van der Waals surface area contributed by atoms with E-state index in [0.29, 0.717) is 0 Å². The molecule has 1 saturated heterocycles. The fourth-order valence-corrected chi connectivity index (χ4v) is 2.16. The molecule has 16 heavy (non-hydrogen) atoms. The third-order valence-corrected chi connectivity index (χ3v) is 3.00. The second-order valence-electron chi connectivity index (χ2n) is 4.02. The average molecular weight is 222 g/mol. The van der Waals surface area contributed by atoms with Gasteiger partial charge in [0, 0.05) is 13.1 Å². The van der Waals surface area contributed by atoms with E-state index in [9.17, 15) is 0 Å². The predicted molar refractivity (Wildman–Crippen MR) is 63.5 cm³/mol. The van der Waals surface area contributed by atoms with Crippen molar-refractivity contribution in [3.8, 4) is 5.75 Å². The van der Waals surface area contributed by atoms with Gasteiger partial charge in [0.05, 0.1) is 18.9 Å². The summed E-state index contributed by atoms with van der Waals surface area (Å²) in [7, 11) is 1.69. The Bertz CT molecular complexity index is 344. The van der Waals surface area contributed by atoms with Gasteiger partial charge in [0.2, 0.25) is 0 Å². The maximum absolute atomic E-state index is 5.35. The highest BCUT2D eigenvalue weighted by Crippen LogP contribution is 2.30. The molecule has 1 atom stereocenters. The fraction of sp³-hybridized carbons (Fsp3) is 0.500. The van der Waals surface area contributed by atoms with E-state index in [1.54, 1.807) is 7.11 Å². The number of anilines is 1. The molecule has 2 N–H and O–H groups in total. The molecule has 0 spiro atoms. The van der Waals surface area contributed by atoms with Crippen LogP contribution in [0.4, 0.5) is 5.69 Å². The molecular weight excluding hydrogens is 204 g/mol. The van der Waals surface area contributed by atoms with Gasteiger partial charge in [-0.2, -0.15) is 0 Å².